The number of hydrogen-bond acceptors (Lipinski definition) is 4. The minimum absolute atomic E-state index is 0.0428. The fraction of sp³-hybridized carbons (Fsp3) is 0.692. The van der Waals surface area contributed by atoms with Gasteiger partial charge in [-0.1, -0.05) is 0 Å². The number of nitrogens with two attached hydrogens (primary N) is 1. The fourth-order valence-electron chi connectivity index (χ4n) is 1.76. The standard InChI is InChI=1S/C13H24N4O2/c1-9-11(8-16-17(9)5)10(6-14)7-15-12(18)19-13(2,3)4/h8,10H,6-7,14H2,1-5H3,(H,15,18). The van der Waals surface area contributed by atoms with Gasteiger partial charge in [-0.3, -0.25) is 4.68 Å². The van der Waals surface area contributed by atoms with Gasteiger partial charge in [0.05, 0.1) is 6.20 Å². The number of rotatable bonds is 4. The Balaban J connectivity index is 2.59. The third kappa shape index (κ3) is 4.55. The molecule has 1 amide bonds. The van der Waals surface area contributed by atoms with E-state index in [9.17, 15) is 4.79 Å². The Bertz CT molecular complexity index is 434. The summed E-state index contributed by atoms with van der Waals surface area (Å²) in [4.78, 5) is 11.6. The van der Waals surface area contributed by atoms with Crippen LogP contribution in [0.2, 0.25) is 0 Å². The first-order chi connectivity index (χ1) is 8.74. The Kier molecular flexibility index (Phi) is 4.94. The fourth-order valence-corrected chi connectivity index (χ4v) is 1.76. The van der Waals surface area contributed by atoms with Crippen LogP contribution in [0.25, 0.3) is 0 Å². The first-order valence-electron chi connectivity index (χ1n) is 6.40. The van der Waals surface area contributed by atoms with Gasteiger partial charge in [-0.2, -0.15) is 5.10 Å². The highest BCUT2D eigenvalue weighted by atomic mass is 16.6. The second-order valence-electron chi connectivity index (χ2n) is 5.62. The third-order valence-electron chi connectivity index (χ3n) is 2.89. The monoisotopic (exact) mass is 268 g/mol. The molecule has 0 saturated carbocycles. The SMILES string of the molecule is Cc1c(C(CN)CNC(=O)OC(C)(C)C)cnn1C. The van der Waals surface area contributed by atoms with E-state index in [1.165, 1.54) is 0 Å². The smallest absolute Gasteiger partial charge is 0.407 e. The molecule has 0 aliphatic carbocycles. The average Bonchev–Trinajstić information content (AvgIpc) is 2.59. The Hall–Kier alpha value is -1.56. The molecule has 1 unspecified atom stereocenters. The Morgan fingerprint density at radius 2 is 2.21 bits per heavy atom. The van der Waals surface area contributed by atoms with Crippen LogP contribution in [0, 0.1) is 6.92 Å². The number of ether oxygens (including phenoxy) is 1. The van der Waals surface area contributed by atoms with Crippen LogP contribution in [0.4, 0.5) is 4.79 Å². The Morgan fingerprint density at radius 3 is 2.63 bits per heavy atom. The minimum atomic E-state index is -0.494. The lowest BCUT2D eigenvalue weighted by atomic mass is 10.0. The summed E-state index contributed by atoms with van der Waals surface area (Å²) >= 11 is 0. The molecule has 0 bridgehead atoms. The maximum atomic E-state index is 11.6. The molecule has 1 heterocycles. The van der Waals surface area contributed by atoms with E-state index in [0.29, 0.717) is 13.1 Å². The van der Waals surface area contributed by atoms with Crippen molar-refractivity contribution in [3.05, 3.63) is 17.5 Å². The van der Waals surface area contributed by atoms with Gasteiger partial charge in [0.15, 0.2) is 0 Å². The van der Waals surface area contributed by atoms with Gasteiger partial charge in [-0.25, -0.2) is 4.79 Å². The van der Waals surface area contributed by atoms with Crippen LogP contribution in [0.3, 0.4) is 0 Å². The molecule has 6 heteroatoms. The van der Waals surface area contributed by atoms with E-state index in [4.69, 9.17) is 10.5 Å². The van der Waals surface area contributed by atoms with Crippen molar-refractivity contribution >= 4 is 6.09 Å². The molecule has 3 N–H and O–H groups in total. The summed E-state index contributed by atoms with van der Waals surface area (Å²) in [6.45, 7) is 8.37. The Morgan fingerprint density at radius 1 is 1.58 bits per heavy atom. The summed E-state index contributed by atoms with van der Waals surface area (Å²) < 4.78 is 6.99. The zero-order chi connectivity index (χ0) is 14.6. The van der Waals surface area contributed by atoms with Crippen LogP contribution in [-0.2, 0) is 11.8 Å². The van der Waals surface area contributed by atoms with Gasteiger partial charge >= 0.3 is 6.09 Å². The van der Waals surface area contributed by atoms with Crippen LogP contribution < -0.4 is 11.1 Å². The molecule has 1 aromatic heterocycles. The molecule has 0 radical (unpaired) electrons. The molecule has 19 heavy (non-hydrogen) atoms. The summed E-state index contributed by atoms with van der Waals surface area (Å²) in [5.41, 5.74) is 7.39. The van der Waals surface area contributed by atoms with Crippen molar-refractivity contribution in [2.75, 3.05) is 13.1 Å². The molecule has 0 aliphatic rings. The molecule has 0 aliphatic heterocycles. The van der Waals surface area contributed by atoms with Gasteiger partial charge in [0.25, 0.3) is 0 Å². The van der Waals surface area contributed by atoms with Gasteiger partial charge in [0.2, 0.25) is 0 Å². The topological polar surface area (TPSA) is 82.2 Å². The second kappa shape index (κ2) is 6.06. The molecule has 6 nitrogen and oxygen atoms in total. The molecular formula is C13H24N4O2. The minimum Gasteiger partial charge on any atom is -0.444 e. The molecule has 0 fully saturated rings. The van der Waals surface area contributed by atoms with Gasteiger partial charge in [0.1, 0.15) is 5.60 Å². The summed E-state index contributed by atoms with van der Waals surface area (Å²) in [7, 11) is 1.88. The molecule has 1 atom stereocenters. The molecule has 108 valence electrons. The lowest BCUT2D eigenvalue weighted by molar-refractivity contribution is 0.0525. The summed E-state index contributed by atoms with van der Waals surface area (Å²) in [5.74, 6) is 0.0428. The number of nitrogens with one attached hydrogen (secondary N) is 1. The van der Waals surface area contributed by atoms with E-state index in [2.05, 4.69) is 10.4 Å². The predicted octanol–water partition coefficient (Wildman–Crippen LogP) is 1.30. The van der Waals surface area contributed by atoms with Crippen LogP contribution >= 0.6 is 0 Å². The van der Waals surface area contributed by atoms with Crippen LogP contribution in [0.15, 0.2) is 6.20 Å². The first kappa shape index (κ1) is 15.5. The van der Waals surface area contributed by atoms with Gasteiger partial charge < -0.3 is 15.8 Å². The number of aromatic nitrogens is 2. The highest BCUT2D eigenvalue weighted by Crippen LogP contribution is 2.17. The summed E-state index contributed by atoms with van der Waals surface area (Å²) in [5, 5.41) is 6.94. The normalized spacial score (nSPS) is 13.2. The van der Waals surface area contributed by atoms with E-state index in [-0.39, 0.29) is 5.92 Å². The highest BCUT2D eigenvalue weighted by molar-refractivity contribution is 5.67. The van der Waals surface area contributed by atoms with Crippen molar-refractivity contribution in [1.29, 1.82) is 0 Å². The summed E-state index contributed by atoms with van der Waals surface area (Å²) in [6, 6.07) is 0. The van der Waals surface area contributed by atoms with E-state index < -0.39 is 11.7 Å². The lowest BCUT2D eigenvalue weighted by Gasteiger charge is -2.21. The number of nitrogens with zero attached hydrogens (tertiary/aromatic N) is 2. The van der Waals surface area contributed by atoms with Crippen molar-refractivity contribution in [3.63, 3.8) is 0 Å². The maximum Gasteiger partial charge on any atom is 0.407 e. The number of hydrogen-bond donors (Lipinski definition) is 2. The van der Waals surface area contributed by atoms with Gasteiger partial charge in [-0.05, 0) is 33.3 Å². The predicted molar refractivity (Wildman–Crippen MR) is 74.0 cm³/mol. The van der Waals surface area contributed by atoms with E-state index in [0.717, 1.165) is 11.3 Å². The molecular weight excluding hydrogens is 244 g/mol. The quantitative estimate of drug-likeness (QED) is 0.862. The van der Waals surface area contributed by atoms with Crippen molar-refractivity contribution in [2.45, 2.75) is 39.2 Å². The lowest BCUT2D eigenvalue weighted by Crippen LogP contribution is -2.36. The molecule has 0 spiro atoms. The summed E-state index contributed by atoms with van der Waals surface area (Å²) in [6.07, 6.45) is 1.37. The maximum absolute atomic E-state index is 11.6. The van der Waals surface area contributed by atoms with Crippen LogP contribution in [-0.4, -0.2) is 34.6 Å². The number of aryl methyl sites for hydroxylation is 1. The van der Waals surface area contributed by atoms with Crippen molar-refractivity contribution in [2.24, 2.45) is 12.8 Å². The number of carbonyl (C=O) groups excluding carboxylic acids is 1. The molecule has 1 rings (SSSR count). The Labute approximate surface area is 114 Å². The van der Waals surface area contributed by atoms with Crippen molar-refractivity contribution < 1.29 is 9.53 Å². The van der Waals surface area contributed by atoms with Crippen LogP contribution in [0.1, 0.15) is 37.9 Å². The average molecular weight is 268 g/mol. The van der Waals surface area contributed by atoms with E-state index in [1.54, 1.807) is 10.9 Å². The van der Waals surface area contributed by atoms with E-state index >= 15 is 0 Å². The van der Waals surface area contributed by atoms with Crippen molar-refractivity contribution in [3.8, 4) is 0 Å². The molecule has 1 aromatic rings. The number of carbonyl (C=O) groups is 1. The highest BCUT2D eigenvalue weighted by Gasteiger charge is 2.19. The van der Waals surface area contributed by atoms with Gasteiger partial charge in [0, 0.05) is 31.7 Å². The zero-order valence-electron chi connectivity index (χ0n) is 12.4. The molecule has 0 saturated heterocycles. The second-order valence-corrected chi connectivity index (χ2v) is 5.62. The largest absolute Gasteiger partial charge is 0.444 e. The van der Waals surface area contributed by atoms with Crippen LogP contribution in [0.5, 0.6) is 0 Å². The first-order valence-corrected chi connectivity index (χ1v) is 6.40. The van der Waals surface area contributed by atoms with Gasteiger partial charge in [-0.15, -0.1) is 0 Å². The number of alkyl carbamates (subject to hydrolysis) is 1. The molecule has 0 aromatic carbocycles. The zero-order valence-corrected chi connectivity index (χ0v) is 12.4. The van der Waals surface area contributed by atoms with Crippen molar-refractivity contribution in [1.82, 2.24) is 15.1 Å². The number of amides is 1. The third-order valence-corrected chi connectivity index (χ3v) is 2.89. The van der Waals surface area contributed by atoms with E-state index in [1.807, 2.05) is 34.7 Å².